The van der Waals surface area contributed by atoms with Crippen LogP contribution in [0.1, 0.15) is 47.0 Å². The Labute approximate surface area is 115 Å². The van der Waals surface area contributed by atoms with Crippen molar-refractivity contribution in [2.75, 3.05) is 13.2 Å². The van der Waals surface area contributed by atoms with E-state index in [4.69, 9.17) is 4.74 Å². The third-order valence-corrected chi connectivity index (χ3v) is 3.51. The lowest BCUT2D eigenvalue weighted by atomic mass is 10.2. The zero-order valence-electron chi connectivity index (χ0n) is 12.4. The Kier molecular flexibility index (Phi) is 6.28. The van der Waals surface area contributed by atoms with Gasteiger partial charge in [0.25, 0.3) is 0 Å². The molecule has 0 spiro atoms. The third kappa shape index (κ3) is 5.19. The summed E-state index contributed by atoms with van der Waals surface area (Å²) in [5.74, 6) is -0.261. The Morgan fingerprint density at radius 2 is 1.95 bits per heavy atom. The molecule has 1 N–H and O–H groups in total. The van der Waals surface area contributed by atoms with Gasteiger partial charge in [0.2, 0.25) is 5.91 Å². The van der Waals surface area contributed by atoms with Crippen molar-refractivity contribution in [3.63, 3.8) is 0 Å². The summed E-state index contributed by atoms with van der Waals surface area (Å²) in [6.07, 6.45) is 3.01. The van der Waals surface area contributed by atoms with Crippen molar-refractivity contribution in [1.82, 2.24) is 10.2 Å². The molecule has 1 saturated carbocycles. The average molecular weight is 270 g/mol. The summed E-state index contributed by atoms with van der Waals surface area (Å²) in [6.45, 7) is 8.25. The van der Waals surface area contributed by atoms with Gasteiger partial charge >= 0.3 is 5.97 Å². The molecule has 0 saturated heterocycles. The van der Waals surface area contributed by atoms with E-state index in [1.807, 2.05) is 25.7 Å². The van der Waals surface area contributed by atoms with Crippen molar-refractivity contribution in [2.45, 2.75) is 65.1 Å². The van der Waals surface area contributed by atoms with E-state index in [1.54, 1.807) is 6.92 Å². The van der Waals surface area contributed by atoms with Crippen LogP contribution in [-0.2, 0) is 14.3 Å². The molecule has 1 fully saturated rings. The number of esters is 1. The van der Waals surface area contributed by atoms with Crippen molar-refractivity contribution in [2.24, 2.45) is 0 Å². The highest BCUT2D eigenvalue weighted by Crippen LogP contribution is 2.28. The van der Waals surface area contributed by atoms with Gasteiger partial charge < -0.3 is 10.1 Å². The molecule has 0 aliphatic heterocycles. The van der Waals surface area contributed by atoms with Crippen LogP contribution >= 0.6 is 0 Å². The van der Waals surface area contributed by atoms with Crippen LogP contribution < -0.4 is 5.32 Å². The van der Waals surface area contributed by atoms with E-state index in [0.717, 1.165) is 19.3 Å². The molecule has 0 aromatic heterocycles. The van der Waals surface area contributed by atoms with Crippen molar-refractivity contribution >= 4 is 11.9 Å². The summed E-state index contributed by atoms with van der Waals surface area (Å²) in [4.78, 5) is 25.7. The van der Waals surface area contributed by atoms with Gasteiger partial charge in [-0.05, 0) is 40.0 Å². The number of hydrogen-bond acceptors (Lipinski definition) is 4. The third-order valence-electron chi connectivity index (χ3n) is 3.51. The van der Waals surface area contributed by atoms with E-state index >= 15 is 0 Å². The number of rotatable bonds is 8. The molecule has 5 heteroatoms. The second-order valence-electron chi connectivity index (χ2n) is 5.20. The first-order valence-corrected chi connectivity index (χ1v) is 7.21. The monoisotopic (exact) mass is 270 g/mol. The van der Waals surface area contributed by atoms with Crippen LogP contribution in [0.4, 0.5) is 0 Å². The predicted molar refractivity (Wildman–Crippen MR) is 73.7 cm³/mol. The van der Waals surface area contributed by atoms with Crippen LogP contribution in [0, 0.1) is 0 Å². The molecule has 5 nitrogen and oxygen atoms in total. The molecule has 19 heavy (non-hydrogen) atoms. The quantitative estimate of drug-likeness (QED) is 0.676. The van der Waals surface area contributed by atoms with Gasteiger partial charge in [-0.1, -0.05) is 6.92 Å². The molecule has 0 bridgehead atoms. The molecule has 0 heterocycles. The van der Waals surface area contributed by atoms with E-state index in [2.05, 4.69) is 5.32 Å². The summed E-state index contributed by atoms with van der Waals surface area (Å²) in [6, 6.07) is 0.228. The zero-order valence-corrected chi connectivity index (χ0v) is 12.4. The van der Waals surface area contributed by atoms with Crippen LogP contribution in [0.25, 0.3) is 0 Å². The maximum absolute atomic E-state index is 12.1. The van der Waals surface area contributed by atoms with E-state index in [9.17, 15) is 9.59 Å². The van der Waals surface area contributed by atoms with Gasteiger partial charge in [-0.25, -0.2) is 0 Å². The molecular weight excluding hydrogens is 244 g/mol. The van der Waals surface area contributed by atoms with Crippen LogP contribution in [0.2, 0.25) is 0 Å². The van der Waals surface area contributed by atoms with Crippen molar-refractivity contribution in [1.29, 1.82) is 0 Å². The van der Waals surface area contributed by atoms with E-state index in [1.165, 1.54) is 0 Å². The lowest BCUT2D eigenvalue weighted by Crippen LogP contribution is -2.50. The van der Waals surface area contributed by atoms with Gasteiger partial charge in [0.15, 0.2) is 0 Å². The molecule has 0 radical (unpaired) electrons. The highest BCUT2D eigenvalue weighted by atomic mass is 16.5. The Hall–Kier alpha value is -1.10. The number of ether oxygens (including phenoxy) is 1. The lowest BCUT2D eigenvalue weighted by molar-refractivity contribution is -0.145. The maximum Gasteiger partial charge on any atom is 0.320 e. The van der Waals surface area contributed by atoms with Gasteiger partial charge in [-0.2, -0.15) is 0 Å². The Bertz CT molecular complexity index is 316. The molecule has 1 amide bonds. The number of nitrogens with zero attached hydrogens (tertiary/aromatic N) is 1. The number of carbonyl (C=O) groups excluding carboxylic acids is 2. The van der Waals surface area contributed by atoms with Gasteiger partial charge in [0, 0.05) is 12.1 Å². The van der Waals surface area contributed by atoms with Gasteiger partial charge in [-0.3, -0.25) is 14.5 Å². The average Bonchev–Trinajstić information content (AvgIpc) is 3.19. The summed E-state index contributed by atoms with van der Waals surface area (Å²) < 4.78 is 4.97. The van der Waals surface area contributed by atoms with Crippen LogP contribution in [0.15, 0.2) is 0 Å². The standard InChI is InChI=1S/C14H26N2O3/c1-5-10(3)15-14(18)11(4)16(12-7-8-12)9-13(17)19-6-2/h10-12H,5-9H2,1-4H3,(H,15,18). The smallest absolute Gasteiger partial charge is 0.320 e. The normalized spacial score (nSPS) is 17.9. The van der Waals surface area contributed by atoms with Crippen molar-refractivity contribution < 1.29 is 14.3 Å². The molecule has 2 atom stereocenters. The molecule has 1 aliphatic carbocycles. The first kappa shape index (κ1) is 16.0. The summed E-state index contributed by atoms with van der Waals surface area (Å²) in [5, 5.41) is 2.96. The molecule has 1 rings (SSSR count). The molecule has 110 valence electrons. The Morgan fingerprint density at radius 3 is 2.42 bits per heavy atom. The molecule has 2 unspecified atom stereocenters. The first-order valence-electron chi connectivity index (χ1n) is 7.21. The minimum Gasteiger partial charge on any atom is -0.465 e. The number of carbonyl (C=O) groups is 2. The van der Waals surface area contributed by atoms with E-state index in [0.29, 0.717) is 12.6 Å². The Morgan fingerprint density at radius 1 is 1.32 bits per heavy atom. The van der Waals surface area contributed by atoms with E-state index in [-0.39, 0.29) is 30.5 Å². The number of hydrogen-bond donors (Lipinski definition) is 1. The van der Waals surface area contributed by atoms with Crippen molar-refractivity contribution in [3.8, 4) is 0 Å². The van der Waals surface area contributed by atoms with Crippen LogP contribution in [-0.4, -0.2) is 48.1 Å². The topological polar surface area (TPSA) is 58.6 Å². The highest BCUT2D eigenvalue weighted by molar-refractivity contribution is 5.82. The molecule has 0 aromatic carbocycles. The lowest BCUT2D eigenvalue weighted by Gasteiger charge is -2.28. The predicted octanol–water partition coefficient (Wildman–Crippen LogP) is 1.32. The van der Waals surface area contributed by atoms with Crippen LogP contribution in [0.5, 0.6) is 0 Å². The van der Waals surface area contributed by atoms with E-state index < -0.39 is 0 Å². The second kappa shape index (κ2) is 7.48. The first-order chi connectivity index (χ1) is 8.99. The van der Waals surface area contributed by atoms with Crippen LogP contribution in [0.3, 0.4) is 0 Å². The molecular formula is C14H26N2O3. The molecule has 1 aliphatic rings. The maximum atomic E-state index is 12.1. The minimum absolute atomic E-state index is 0.00875. The fraction of sp³-hybridized carbons (Fsp3) is 0.857. The number of nitrogens with one attached hydrogen (secondary N) is 1. The summed E-state index contributed by atoms with van der Waals surface area (Å²) >= 11 is 0. The van der Waals surface area contributed by atoms with Gasteiger partial charge in [0.05, 0.1) is 19.2 Å². The number of amides is 1. The Balaban J connectivity index is 2.55. The second-order valence-corrected chi connectivity index (χ2v) is 5.20. The fourth-order valence-electron chi connectivity index (χ4n) is 1.96. The minimum atomic E-state index is -0.286. The van der Waals surface area contributed by atoms with Gasteiger partial charge in [0.1, 0.15) is 0 Å². The van der Waals surface area contributed by atoms with Gasteiger partial charge in [-0.15, -0.1) is 0 Å². The molecule has 0 aromatic rings. The summed E-state index contributed by atoms with van der Waals surface area (Å²) in [7, 11) is 0. The zero-order chi connectivity index (χ0) is 14.4. The fourth-order valence-corrected chi connectivity index (χ4v) is 1.96. The SMILES string of the molecule is CCOC(=O)CN(C1CC1)C(C)C(=O)NC(C)CC. The summed E-state index contributed by atoms with van der Waals surface area (Å²) in [5.41, 5.74) is 0. The highest BCUT2D eigenvalue weighted by Gasteiger charge is 2.36. The largest absolute Gasteiger partial charge is 0.465 e. The van der Waals surface area contributed by atoms with Crippen molar-refractivity contribution in [3.05, 3.63) is 0 Å².